The second kappa shape index (κ2) is 7.20. The van der Waals surface area contributed by atoms with Crippen molar-refractivity contribution in [3.05, 3.63) is 28.8 Å². The van der Waals surface area contributed by atoms with Crippen molar-refractivity contribution in [2.75, 3.05) is 39.4 Å². The van der Waals surface area contributed by atoms with Gasteiger partial charge in [0.25, 0.3) is 0 Å². The van der Waals surface area contributed by atoms with E-state index in [4.69, 9.17) is 21.6 Å². The summed E-state index contributed by atoms with van der Waals surface area (Å²) in [4.78, 5) is 2.12. The smallest absolute Gasteiger partial charge is 0.242 e. The van der Waals surface area contributed by atoms with Crippen LogP contribution in [0.2, 0.25) is 5.02 Å². The highest BCUT2D eigenvalue weighted by Crippen LogP contribution is 2.22. The Morgan fingerprint density at radius 2 is 2.10 bits per heavy atom. The van der Waals surface area contributed by atoms with Gasteiger partial charge in [0.15, 0.2) is 0 Å². The SMILES string of the molecule is N#Cc1ccc(S(=O)(=O)NCCN2CCOCC2)c(Cl)c1. The molecule has 1 saturated heterocycles. The molecule has 0 spiro atoms. The number of sulfonamides is 1. The third-order valence-corrected chi connectivity index (χ3v) is 5.12. The highest BCUT2D eigenvalue weighted by molar-refractivity contribution is 7.89. The minimum atomic E-state index is -3.67. The van der Waals surface area contributed by atoms with E-state index in [0.717, 1.165) is 13.1 Å². The van der Waals surface area contributed by atoms with Crippen LogP contribution in [0.3, 0.4) is 0 Å². The molecule has 0 radical (unpaired) electrons. The lowest BCUT2D eigenvalue weighted by molar-refractivity contribution is 0.0390. The Labute approximate surface area is 129 Å². The summed E-state index contributed by atoms with van der Waals surface area (Å²) in [5.41, 5.74) is 0.326. The van der Waals surface area contributed by atoms with Crippen LogP contribution in [0, 0.1) is 11.3 Å². The zero-order valence-electron chi connectivity index (χ0n) is 11.4. The first kappa shape index (κ1) is 16.2. The number of benzene rings is 1. The maximum Gasteiger partial charge on any atom is 0.242 e. The Hall–Kier alpha value is -1.17. The zero-order chi connectivity index (χ0) is 15.3. The Morgan fingerprint density at radius 3 is 2.71 bits per heavy atom. The molecule has 2 rings (SSSR count). The Balaban J connectivity index is 1.96. The summed E-state index contributed by atoms with van der Waals surface area (Å²) in [6.45, 7) is 3.89. The van der Waals surface area contributed by atoms with E-state index in [0.29, 0.717) is 31.9 Å². The average Bonchev–Trinajstić information content (AvgIpc) is 2.47. The molecular weight excluding hydrogens is 314 g/mol. The van der Waals surface area contributed by atoms with Crippen LogP contribution in [0.25, 0.3) is 0 Å². The van der Waals surface area contributed by atoms with Gasteiger partial charge >= 0.3 is 0 Å². The molecule has 1 aliphatic heterocycles. The number of ether oxygens (including phenoxy) is 1. The standard InChI is InChI=1S/C13H16ClN3O3S/c14-12-9-11(10-15)1-2-13(12)21(18,19)16-3-4-17-5-7-20-8-6-17/h1-2,9,16H,3-8H2. The molecule has 0 atom stereocenters. The van der Waals surface area contributed by atoms with E-state index >= 15 is 0 Å². The molecule has 114 valence electrons. The second-order valence-corrected chi connectivity index (χ2v) is 6.75. The van der Waals surface area contributed by atoms with Crippen molar-refractivity contribution in [3.63, 3.8) is 0 Å². The van der Waals surface area contributed by atoms with E-state index in [1.54, 1.807) is 0 Å². The number of morpholine rings is 1. The average molecular weight is 330 g/mol. The maximum absolute atomic E-state index is 12.2. The van der Waals surface area contributed by atoms with Gasteiger partial charge in [0.05, 0.1) is 29.9 Å². The topological polar surface area (TPSA) is 82.4 Å². The molecule has 0 bridgehead atoms. The minimum Gasteiger partial charge on any atom is -0.379 e. The van der Waals surface area contributed by atoms with Gasteiger partial charge in [-0.05, 0) is 18.2 Å². The van der Waals surface area contributed by atoms with Crippen molar-refractivity contribution in [1.29, 1.82) is 5.26 Å². The van der Waals surface area contributed by atoms with Crippen LogP contribution in [0.1, 0.15) is 5.56 Å². The summed E-state index contributed by atoms with van der Waals surface area (Å²) in [6, 6.07) is 6.04. The quantitative estimate of drug-likeness (QED) is 0.865. The van der Waals surface area contributed by atoms with Crippen LogP contribution < -0.4 is 4.72 Å². The van der Waals surface area contributed by atoms with Crippen molar-refractivity contribution in [3.8, 4) is 6.07 Å². The molecule has 0 aromatic heterocycles. The van der Waals surface area contributed by atoms with Gasteiger partial charge in [0.1, 0.15) is 4.90 Å². The molecule has 1 aliphatic rings. The van der Waals surface area contributed by atoms with Gasteiger partial charge in [-0.25, -0.2) is 13.1 Å². The summed E-state index contributed by atoms with van der Waals surface area (Å²) in [6.07, 6.45) is 0. The Kier molecular flexibility index (Phi) is 5.56. The van der Waals surface area contributed by atoms with Gasteiger partial charge in [0, 0.05) is 26.2 Å². The van der Waals surface area contributed by atoms with E-state index in [1.165, 1.54) is 18.2 Å². The molecule has 0 amide bonds. The normalized spacial score (nSPS) is 16.6. The summed E-state index contributed by atoms with van der Waals surface area (Å²) >= 11 is 5.92. The monoisotopic (exact) mass is 329 g/mol. The zero-order valence-corrected chi connectivity index (χ0v) is 13.0. The van der Waals surface area contributed by atoms with Crippen LogP contribution in [-0.4, -0.2) is 52.7 Å². The summed E-state index contributed by atoms with van der Waals surface area (Å²) < 4.78 is 32.1. The fourth-order valence-corrected chi connectivity index (χ4v) is 3.59. The Morgan fingerprint density at radius 1 is 1.38 bits per heavy atom. The molecule has 0 saturated carbocycles. The molecule has 21 heavy (non-hydrogen) atoms. The predicted octanol–water partition coefficient (Wildman–Crippen LogP) is 0.822. The second-order valence-electron chi connectivity index (χ2n) is 4.61. The van der Waals surface area contributed by atoms with Crippen molar-refractivity contribution >= 4 is 21.6 Å². The Bertz CT molecular complexity index is 637. The molecule has 6 nitrogen and oxygen atoms in total. The lowest BCUT2D eigenvalue weighted by Crippen LogP contribution is -2.41. The molecule has 0 aliphatic carbocycles. The van der Waals surface area contributed by atoms with Crippen molar-refractivity contribution in [2.45, 2.75) is 4.90 Å². The molecule has 1 heterocycles. The lowest BCUT2D eigenvalue weighted by Gasteiger charge is -2.26. The molecular formula is C13H16ClN3O3S. The summed E-state index contributed by atoms with van der Waals surface area (Å²) in [5.74, 6) is 0. The first-order chi connectivity index (χ1) is 10.0. The molecule has 1 fully saturated rings. The largest absolute Gasteiger partial charge is 0.379 e. The maximum atomic E-state index is 12.2. The van der Waals surface area contributed by atoms with Crippen LogP contribution in [0.15, 0.2) is 23.1 Å². The fraction of sp³-hybridized carbons (Fsp3) is 0.462. The van der Waals surface area contributed by atoms with Gasteiger partial charge in [-0.15, -0.1) is 0 Å². The van der Waals surface area contributed by atoms with E-state index in [9.17, 15) is 8.42 Å². The number of rotatable bonds is 5. The van der Waals surface area contributed by atoms with Crippen molar-refractivity contribution in [2.24, 2.45) is 0 Å². The molecule has 0 unspecified atom stereocenters. The van der Waals surface area contributed by atoms with E-state index in [1.807, 2.05) is 6.07 Å². The lowest BCUT2D eigenvalue weighted by atomic mass is 10.2. The van der Waals surface area contributed by atoms with Gasteiger partial charge in [-0.2, -0.15) is 5.26 Å². The van der Waals surface area contributed by atoms with E-state index in [2.05, 4.69) is 9.62 Å². The van der Waals surface area contributed by atoms with Crippen molar-refractivity contribution < 1.29 is 13.2 Å². The van der Waals surface area contributed by atoms with Gasteiger partial charge in [-0.3, -0.25) is 4.90 Å². The van der Waals surface area contributed by atoms with Gasteiger partial charge < -0.3 is 4.74 Å². The number of hydrogen-bond acceptors (Lipinski definition) is 5. The number of hydrogen-bond donors (Lipinski definition) is 1. The summed E-state index contributed by atoms with van der Waals surface area (Å²) in [7, 11) is -3.67. The number of nitrogens with one attached hydrogen (secondary N) is 1. The number of halogens is 1. The highest BCUT2D eigenvalue weighted by atomic mass is 35.5. The van der Waals surface area contributed by atoms with Crippen LogP contribution in [0.4, 0.5) is 0 Å². The fourth-order valence-electron chi connectivity index (χ4n) is 2.03. The molecule has 8 heteroatoms. The third kappa shape index (κ3) is 4.40. The van der Waals surface area contributed by atoms with Crippen molar-refractivity contribution in [1.82, 2.24) is 9.62 Å². The first-order valence-electron chi connectivity index (χ1n) is 6.52. The highest BCUT2D eigenvalue weighted by Gasteiger charge is 2.18. The minimum absolute atomic E-state index is 0.00913. The number of nitrogens with zero attached hydrogens (tertiary/aromatic N) is 2. The van der Waals surface area contributed by atoms with Crippen LogP contribution in [-0.2, 0) is 14.8 Å². The molecule has 1 aromatic rings. The third-order valence-electron chi connectivity index (χ3n) is 3.17. The van der Waals surface area contributed by atoms with E-state index in [-0.39, 0.29) is 9.92 Å². The van der Waals surface area contributed by atoms with E-state index < -0.39 is 10.0 Å². The summed E-state index contributed by atoms with van der Waals surface area (Å²) in [5, 5.41) is 8.80. The molecule has 1 aromatic carbocycles. The first-order valence-corrected chi connectivity index (χ1v) is 8.38. The predicted molar refractivity (Wildman–Crippen MR) is 78.6 cm³/mol. The number of nitriles is 1. The van der Waals surface area contributed by atoms with Gasteiger partial charge in [0.2, 0.25) is 10.0 Å². The van der Waals surface area contributed by atoms with Gasteiger partial charge in [-0.1, -0.05) is 11.6 Å². The van der Waals surface area contributed by atoms with Crippen LogP contribution >= 0.6 is 11.6 Å². The molecule has 1 N–H and O–H groups in total. The van der Waals surface area contributed by atoms with Crippen LogP contribution in [0.5, 0.6) is 0 Å².